The summed E-state index contributed by atoms with van der Waals surface area (Å²) in [6.07, 6.45) is 2.59. The molecule has 0 saturated carbocycles. The molecule has 0 bridgehead atoms. The maximum Gasteiger partial charge on any atom is 0.0349 e. The van der Waals surface area contributed by atoms with Gasteiger partial charge in [-0.05, 0) is 31.2 Å². The van der Waals surface area contributed by atoms with Gasteiger partial charge in [0.05, 0.1) is 0 Å². The fourth-order valence-electron chi connectivity index (χ4n) is 2.92. The fourth-order valence-corrected chi connectivity index (χ4v) is 2.92. The van der Waals surface area contributed by atoms with Crippen LogP contribution >= 0.6 is 0 Å². The lowest BCUT2D eigenvalue weighted by Crippen LogP contribution is -2.45. The molecule has 2 nitrogen and oxygen atoms in total. The molecular formula is C17H28N2. The van der Waals surface area contributed by atoms with Crippen molar-refractivity contribution in [3.8, 4) is 0 Å². The van der Waals surface area contributed by atoms with E-state index in [9.17, 15) is 0 Å². The molecule has 1 aliphatic rings. The Hall–Kier alpha value is -0.860. The van der Waals surface area contributed by atoms with Crippen LogP contribution in [0.2, 0.25) is 0 Å². The molecule has 0 radical (unpaired) electrons. The van der Waals surface area contributed by atoms with Crippen molar-refractivity contribution < 1.29 is 0 Å². The lowest BCUT2D eigenvalue weighted by molar-refractivity contribution is 0.160. The summed E-state index contributed by atoms with van der Waals surface area (Å²) in [6.45, 7) is 11.5. The van der Waals surface area contributed by atoms with Gasteiger partial charge in [-0.15, -0.1) is 0 Å². The smallest absolute Gasteiger partial charge is 0.0349 e. The molecule has 1 aromatic carbocycles. The van der Waals surface area contributed by atoms with Crippen LogP contribution < -0.4 is 5.32 Å². The van der Waals surface area contributed by atoms with Crippen LogP contribution in [0.1, 0.15) is 43.9 Å². The third-order valence-corrected chi connectivity index (χ3v) is 4.04. The summed E-state index contributed by atoms with van der Waals surface area (Å²) in [5, 5.41) is 3.46. The van der Waals surface area contributed by atoms with Gasteiger partial charge in [0.2, 0.25) is 0 Å². The molecule has 0 spiro atoms. The Morgan fingerprint density at radius 3 is 2.53 bits per heavy atom. The van der Waals surface area contributed by atoms with Gasteiger partial charge in [0.15, 0.2) is 0 Å². The summed E-state index contributed by atoms with van der Waals surface area (Å²) in [7, 11) is 0. The highest BCUT2D eigenvalue weighted by atomic mass is 15.2. The van der Waals surface area contributed by atoms with E-state index >= 15 is 0 Å². The second-order valence-electron chi connectivity index (χ2n) is 6.19. The maximum atomic E-state index is 3.46. The second kappa shape index (κ2) is 7.06. The third-order valence-electron chi connectivity index (χ3n) is 4.04. The third kappa shape index (κ3) is 4.32. The Bertz CT molecular complexity index is 381. The second-order valence-corrected chi connectivity index (χ2v) is 6.19. The molecule has 2 rings (SSSR count). The number of aryl methyl sites for hydroxylation is 1. The number of nitrogens with zero attached hydrogens (tertiary/aromatic N) is 1. The van der Waals surface area contributed by atoms with Crippen LogP contribution in [-0.4, -0.2) is 31.1 Å². The van der Waals surface area contributed by atoms with Crippen molar-refractivity contribution in [1.82, 2.24) is 10.2 Å². The van der Waals surface area contributed by atoms with Crippen LogP contribution in [0.5, 0.6) is 0 Å². The zero-order valence-electron chi connectivity index (χ0n) is 12.7. The lowest BCUT2D eigenvalue weighted by atomic mass is 9.95. The van der Waals surface area contributed by atoms with E-state index in [-0.39, 0.29) is 0 Å². The highest BCUT2D eigenvalue weighted by Crippen LogP contribution is 2.28. The topological polar surface area (TPSA) is 15.3 Å². The monoisotopic (exact) mass is 260 g/mol. The van der Waals surface area contributed by atoms with Crippen molar-refractivity contribution in [3.05, 3.63) is 35.4 Å². The van der Waals surface area contributed by atoms with Crippen molar-refractivity contribution in [3.63, 3.8) is 0 Å². The predicted octanol–water partition coefficient (Wildman–Crippen LogP) is 3.38. The molecule has 1 saturated heterocycles. The quantitative estimate of drug-likeness (QED) is 0.873. The number of benzene rings is 1. The Kier molecular flexibility index (Phi) is 5.41. The molecule has 1 heterocycles. The molecule has 0 aliphatic carbocycles. The molecule has 2 heteroatoms. The minimum atomic E-state index is 0.601. The van der Waals surface area contributed by atoms with Gasteiger partial charge in [0, 0.05) is 32.2 Å². The average Bonchev–Trinajstić information content (AvgIpc) is 2.40. The fraction of sp³-hybridized carbons (Fsp3) is 0.647. The maximum absolute atomic E-state index is 3.46. The van der Waals surface area contributed by atoms with Crippen molar-refractivity contribution >= 4 is 0 Å². The molecule has 0 aromatic heterocycles. The van der Waals surface area contributed by atoms with Gasteiger partial charge >= 0.3 is 0 Å². The van der Waals surface area contributed by atoms with Crippen LogP contribution in [-0.2, 0) is 0 Å². The molecule has 19 heavy (non-hydrogen) atoms. The van der Waals surface area contributed by atoms with Crippen molar-refractivity contribution in [2.45, 2.75) is 39.7 Å². The first-order chi connectivity index (χ1) is 9.16. The van der Waals surface area contributed by atoms with Crippen LogP contribution in [0.25, 0.3) is 0 Å². The van der Waals surface area contributed by atoms with Crippen molar-refractivity contribution in [1.29, 1.82) is 0 Å². The first-order valence-electron chi connectivity index (χ1n) is 7.68. The normalized spacial score (nSPS) is 18.7. The molecule has 0 amide bonds. The van der Waals surface area contributed by atoms with Crippen LogP contribution in [0.3, 0.4) is 0 Å². The number of hydrogen-bond acceptors (Lipinski definition) is 2. The zero-order valence-corrected chi connectivity index (χ0v) is 12.7. The van der Waals surface area contributed by atoms with Gasteiger partial charge in [-0.1, -0.05) is 43.7 Å². The minimum Gasteiger partial charge on any atom is -0.314 e. The van der Waals surface area contributed by atoms with E-state index in [0.29, 0.717) is 6.04 Å². The average molecular weight is 260 g/mol. The van der Waals surface area contributed by atoms with Gasteiger partial charge in [0.25, 0.3) is 0 Å². The van der Waals surface area contributed by atoms with Crippen LogP contribution in [0.15, 0.2) is 24.3 Å². The molecule has 1 aromatic rings. The highest BCUT2D eigenvalue weighted by Gasteiger charge is 2.22. The number of rotatable bonds is 5. The van der Waals surface area contributed by atoms with E-state index in [1.54, 1.807) is 0 Å². The summed E-state index contributed by atoms with van der Waals surface area (Å²) < 4.78 is 0. The summed E-state index contributed by atoms with van der Waals surface area (Å²) in [6, 6.07) is 9.67. The number of nitrogens with one attached hydrogen (secondary N) is 1. The predicted molar refractivity (Wildman–Crippen MR) is 82.4 cm³/mol. The van der Waals surface area contributed by atoms with E-state index in [4.69, 9.17) is 0 Å². The minimum absolute atomic E-state index is 0.601. The molecule has 1 aliphatic heterocycles. The Morgan fingerprint density at radius 1 is 1.16 bits per heavy atom. The molecular weight excluding hydrogens is 232 g/mol. The van der Waals surface area contributed by atoms with Gasteiger partial charge in [-0.3, -0.25) is 4.90 Å². The van der Waals surface area contributed by atoms with Crippen LogP contribution in [0, 0.1) is 12.8 Å². The Morgan fingerprint density at radius 2 is 1.89 bits per heavy atom. The van der Waals surface area contributed by atoms with Crippen molar-refractivity contribution in [2.75, 3.05) is 26.2 Å². The molecule has 1 fully saturated rings. The standard InChI is InChI=1S/C17H28N2/c1-14(2)7-8-17(19-11-9-18-10-12-19)16-6-4-5-15(3)13-16/h4-6,13-14,17-18H,7-12H2,1-3H3/t17-/m1/s1. The van der Waals surface area contributed by atoms with Gasteiger partial charge < -0.3 is 5.32 Å². The zero-order chi connectivity index (χ0) is 13.7. The summed E-state index contributed by atoms with van der Waals surface area (Å²) in [5.41, 5.74) is 2.88. The molecule has 1 atom stereocenters. The van der Waals surface area contributed by atoms with Crippen molar-refractivity contribution in [2.24, 2.45) is 5.92 Å². The van der Waals surface area contributed by atoms with E-state index < -0.39 is 0 Å². The largest absolute Gasteiger partial charge is 0.314 e. The van der Waals surface area contributed by atoms with E-state index in [1.807, 2.05) is 0 Å². The highest BCUT2D eigenvalue weighted by molar-refractivity contribution is 5.25. The van der Waals surface area contributed by atoms with Gasteiger partial charge in [0.1, 0.15) is 0 Å². The summed E-state index contributed by atoms with van der Waals surface area (Å²) >= 11 is 0. The summed E-state index contributed by atoms with van der Waals surface area (Å²) in [4.78, 5) is 2.66. The Balaban J connectivity index is 2.12. The number of piperazine rings is 1. The van der Waals surface area contributed by atoms with E-state index in [0.717, 1.165) is 19.0 Å². The van der Waals surface area contributed by atoms with Gasteiger partial charge in [-0.2, -0.15) is 0 Å². The summed E-state index contributed by atoms with van der Waals surface area (Å²) in [5.74, 6) is 0.787. The number of hydrogen-bond donors (Lipinski definition) is 1. The van der Waals surface area contributed by atoms with E-state index in [1.165, 1.54) is 37.1 Å². The van der Waals surface area contributed by atoms with Gasteiger partial charge in [-0.25, -0.2) is 0 Å². The molecule has 0 unspecified atom stereocenters. The Labute approximate surface area is 118 Å². The molecule has 106 valence electrons. The van der Waals surface area contributed by atoms with Crippen LogP contribution in [0.4, 0.5) is 0 Å². The van der Waals surface area contributed by atoms with E-state index in [2.05, 4.69) is 55.3 Å². The first kappa shape index (κ1) is 14.5. The lowest BCUT2D eigenvalue weighted by Gasteiger charge is -2.35. The molecule has 1 N–H and O–H groups in total. The SMILES string of the molecule is Cc1cccc([C@@H](CCC(C)C)N2CCNCC2)c1. The first-order valence-corrected chi connectivity index (χ1v) is 7.68.